The lowest BCUT2D eigenvalue weighted by atomic mass is 10.1. The molecule has 0 aliphatic carbocycles. The number of hydrogen-bond acceptors (Lipinski definition) is 4. The van der Waals surface area contributed by atoms with Gasteiger partial charge in [0.05, 0.1) is 11.8 Å². The van der Waals surface area contributed by atoms with Gasteiger partial charge in [0, 0.05) is 19.3 Å². The SMILES string of the molecule is O[C@H]1CCCN(Cc2ccnc(Cl)n2)C1. The first-order valence-electron chi connectivity index (χ1n) is 5.12. The molecule has 1 aromatic heterocycles. The number of halogens is 1. The van der Waals surface area contributed by atoms with Crippen molar-refractivity contribution in [3.8, 4) is 0 Å². The van der Waals surface area contributed by atoms with Gasteiger partial charge in [0.15, 0.2) is 0 Å². The molecule has 0 saturated carbocycles. The molecule has 1 fully saturated rings. The molecule has 15 heavy (non-hydrogen) atoms. The minimum absolute atomic E-state index is 0.198. The average Bonchev–Trinajstić information content (AvgIpc) is 2.17. The van der Waals surface area contributed by atoms with Crippen LogP contribution in [0.4, 0.5) is 0 Å². The molecule has 5 heteroatoms. The molecule has 0 radical (unpaired) electrons. The van der Waals surface area contributed by atoms with Crippen LogP contribution in [-0.2, 0) is 6.54 Å². The third-order valence-electron chi connectivity index (χ3n) is 2.55. The topological polar surface area (TPSA) is 49.2 Å². The molecule has 2 rings (SSSR count). The molecule has 0 amide bonds. The van der Waals surface area contributed by atoms with Crippen molar-refractivity contribution in [3.63, 3.8) is 0 Å². The van der Waals surface area contributed by atoms with Crippen molar-refractivity contribution in [3.05, 3.63) is 23.2 Å². The molecule has 1 aliphatic rings. The molecule has 1 aromatic rings. The lowest BCUT2D eigenvalue weighted by Crippen LogP contribution is -2.37. The first-order chi connectivity index (χ1) is 7.24. The van der Waals surface area contributed by atoms with E-state index in [2.05, 4.69) is 14.9 Å². The third kappa shape index (κ3) is 3.12. The molecule has 1 atom stereocenters. The second kappa shape index (κ2) is 4.88. The number of β-amino-alcohol motifs (C(OH)–C–C–N with tert-alkyl or cyclic N) is 1. The highest BCUT2D eigenvalue weighted by Crippen LogP contribution is 2.12. The van der Waals surface area contributed by atoms with Crippen molar-refractivity contribution >= 4 is 11.6 Å². The van der Waals surface area contributed by atoms with Crippen LogP contribution in [0.2, 0.25) is 5.28 Å². The summed E-state index contributed by atoms with van der Waals surface area (Å²) in [5, 5.41) is 9.79. The van der Waals surface area contributed by atoms with E-state index in [-0.39, 0.29) is 11.4 Å². The van der Waals surface area contributed by atoms with Crippen LogP contribution in [0.5, 0.6) is 0 Å². The van der Waals surface area contributed by atoms with Crippen molar-refractivity contribution in [1.29, 1.82) is 0 Å². The van der Waals surface area contributed by atoms with E-state index in [1.807, 2.05) is 6.07 Å². The molecule has 0 aromatic carbocycles. The maximum atomic E-state index is 9.51. The van der Waals surface area contributed by atoms with Gasteiger partial charge in [0.2, 0.25) is 5.28 Å². The van der Waals surface area contributed by atoms with E-state index in [0.29, 0.717) is 0 Å². The van der Waals surface area contributed by atoms with Gasteiger partial charge in [-0.05, 0) is 37.1 Å². The fourth-order valence-corrected chi connectivity index (χ4v) is 2.03. The van der Waals surface area contributed by atoms with Gasteiger partial charge in [0.1, 0.15) is 0 Å². The predicted molar refractivity (Wildman–Crippen MR) is 57.6 cm³/mol. The van der Waals surface area contributed by atoms with E-state index in [4.69, 9.17) is 11.6 Å². The Morgan fingerprint density at radius 3 is 3.20 bits per heavy atom. The Morgan fingerprint density at radius 1 is 1.60 bits per heavy atom. The predicted octanol–water partition coefficient (Wildman–Crippen LogP) is 1.09. The van der Waals surface area contributed by atoms with Crippen molar-refractivity contribution in [2.75, 3.05) is 13.1 Å². The Labute approximate surface area is 93.9 Å². The number of rotatable bonds is 2. The van der Waals surface area contributed by atoms with E-state index >= 15 is 0 Å². The van der Waals surface area contributed by atoms with Crippen LogP contribution in [0, 0.1) is 0 Å². The molecule has 4 nitrogen and oxygen atoms in total. The van der Waals surface area contributed by atoms with Gasteiger partial charge < -0.3 is 5.11 Å². The summed E-state index contributed by atoms with van der Waals surface area (Å²) in [5.74, 6) is 0. The minimum atomic E-state index is -0.198. The lowest BCUT2D eigenvalue weighted by molar-refractivity contribution is 0.0662. The number of aromatic nitrogens is 2. The van der Waals surface area contributed by atoms with Crippen molar-refractivity contribution in [2.45, 2.75) is 25.5 Å². The van der Waals surface area contributed by atoms with E-state index in [9.17, 15) is 5.11 Å². The second-order valence-corrected chi connectivity index (χ2v) is 4.19. The quantitative estimate of drug-likeness (QED) is 0.769. The standard InChI is InChI=1S/C10H14ClN3O/c11-10-12-4-3-8(13-10)6-14-5-1-2-9(15)7-14/h3-4,9,15H,1-2,5-7H2/t9-/m0/s1. The van der Waals surface area contributed by atoms with Crippen LogP contribution in [-0.4, -0.2) is 39.2 Å². The molecular formula is C10H14ClN3O. The van der Waals surface area contributed by atoms with Gasteiger partial charge >= 0.3 is 0 Å². The Balaban J connectivity index is 1.96. The maximum Gasteiger partial charge on any atom is 0.222 e. The van der Waals surface area contributed by atoms with E-state index < -0.39 is 0 Å². The molecular weight excluding hydrogens is 214 g/mol. The van der Waals surface area contributed by atoms with Gasteiger partial charge in [0.25, 0.3) is 0 Å². The summed E-state index contributed by atoms with van der Waals surface area (Å²) < 4.78 is 0. The zero-order valence-electron chi connectivity index (χ0n) is 8.43. The van der Waals surface area contributed by atoms with Crippen LogP contribution >= 0.6 is 11.6 Å². The van der Waals surface area contributed by atoms with Crippen LogP contribution < -0.4 is 0 Å². The highest BCUT2D eigenvalue weighted by Gasteiger charge is 2.17. The van der Waals surface area contributed by atoms with Crippen molar-refractivity contribution < 1.29 is 5.11 Å². The Kier molecular flexibility index (Phi) is 3.51. The number of aliphatic hydroxyl groups excluding tert-OH is 1. The summed E-state index contributed by atoms with van der Waals surface area (Å²) >= 11 is 5.70. The summed E-state index contributed by atoms with van der Waals surface area (Å²) in [6, 6.07) is 1.85. The number of nitrogens with zero attached hydrogens (tertiary/aromatic N) is 3. The molecule has 0 spiro atoms. The summed E-state index contributed by atoms with van der Waals surface area (Å²) in [6.07, 6.45) is 3.41. The Hall–Kier alpha value is -0.710. The number of piperidine rings is 1. The van der Waals surface area contributed by atoms with Gasteiger partial charge in [-0.2, -0.15) is 0 Å². The molecule has 0 unspecified atom stereocenters. The van der Waals surface area contributed by atoms with E-state index in [1.165, 1.54) is 0 Å². The normalized spacial score (nSPS) is 22.9. The van der Waals surface area contributed by atoms with Crippen molar-refractivity contribution in [2.24, 2.45) is 0 Å². The highest BCUT2D eigenvalue weighted by atomic mass is 35.5. The number of aliphatic hydroxyl groups is 1. The van der Waals surface area contributed by atoms with Crippen LogP contribution in [0.15, 0.2) is 12.3 Å². The van der Waals surface area contributed by atoms with Crippen LogP contribution in [0.3, 0.4) is 0 Å². The zero-order chi connectivity index (χ0) is 10.7. The van der Waals surface area contributed by atoms with Gasteiger partial charge in [-0.25, -0.2) is 9.97 Å². The monoisotopic (exact) mass is 227 g/mol. The maximum absolute atomic E-state index is 9.51. The Morgan fingerprint density at radius 2 is 2.47 bits per heavy atom. The number of hydrogen-bond donors (Lipinski definition) is 1. The fraction of sp³-hybridized carbons (Fsp3) is 0.600. The minimum Gasteiger partial charge on any atom is -0.392 e. The molecule has 82 valence electrons. The zero-order valence-corrected chi connectivity index (χ0v) is 9.19. The van der Waals surface area contributed by atoms with Gasteiger partial charge in [-0.3, -0.25) is 4.90 Å². The van der Waals surface area contributed by atoms with E-state index in [0.717, 1.165) is 38.2 Å². The van der Waals surface area contributed by atoms with Crippen LogP contribution in [0.1, 0.15) is 18.5 Å². The van der Waals surface area contributed by atoms with E-state index in [1.54, 1.807) is 6.20 Å². The molecule has 1 saturated heterocycles. The largest absolute Gasteiger partial charge is 0.392 e. The summed E-state index contributed by atoms with van der Waals surface area (Å²) in [7, 11) is 0. The molecule has 1 aliphatic heterocycles. The van der Waals surface area contributed by atoms with Crippen LogP contribution in [0.25, 0.3) is 0 Å². The average molecular weight is 228 g/mol. The second-order valence-electron chi connectivity index (χ2n) is 3.85. The summed E-state index contributed by atoms with van der Waals surface area (Å²) in [5.41, 5.74) is 0.907. The molecule has 1 N–H and O–H groups in total. The fourth-order valence-electron chi connectivity index (χ4n) is 1.86. The third-order valence-corrected chi connectivity index (χ3v) is 2.73. The Bertz CT molecular complexity index is 334. The lowest BCUT2D eigenvalue weighted by Gasteiger charge is -2.29. The van der Waals surface area contributed by atoms with Gasteiger partial charge in [-0.15, -0.1) is 0 Å². The highest BCUT2D eigenvalue weighted by molar-refractivity contribution is 6.28. The van der Waals surface area contributed by atoms with Crippen molar-refractivity contribution in [1.82, 2.24) is 14.9 Å². The first kappa shape index (κ1) is 10.8. The van der Waals surface area contributed by atoms with Gasteiger partial charge in [-0.1, -0.05) is 0 Å². The summed E-state index contributed by atoms with van der Waals surface area (Å²) in [4.78, 5) is 10.1. The first-order valence-corrected chi connectivity index (χ1v) is 5.49. The molecule has 0 bridgehead atoms. The number of likely N-dealkylation sites (tertiary alicyclic amines) is 1. The smallest absolute Gasteiger partial charge is 0.222 e. The molecule has 2 heterocycles. The summed E-state index contributed by atoms with van der Waals surface area (Å²) in [6.45, 7) is 2.47.